The summed E-state index contributed by atoms with van der Waals surface area (Å²) in [4.78, 5) is 0. The van der Waals surface area contributed by atoms with E-state index < -0.39 is 0 Å². The lowest BCUT2D eigenvalue weighted by Crippen LogP contribution is -2.15. The van der Waals surface area contributed by atoms with E-state index >= 15 is 0 Å². The molecule has 0 radical (unpaired) electrons. The summed E-state index contributed by atoms with van der Waals surface area (Å²) in [6, 6.07) is 5.06. The van der Waals surface area contributed by atoms with Crippen molar-refractivity contribution < 1.29 is 5.11 Å². The van der Waals surface area contributed by atoms with Crippen molar-refractivity contribution in [3.63, 3.8) is 0 Å². The minimum atomic E-state index is 0.283. The third-order valence-electron chi connectivity index (χ3n) is 2.16. The minimum absolute atomic E-state index is 0.283. The lowest BCUT2D eigenvalue weighted by atomic mass is 10.2. The van der Waals surface area contributed by atoms with E-state index in [9.17, 15) is 5.11 Å². The van der Waals surface area contributed by atoms with Gasteiger partial charge in [-0.3, -0.25) is 0 Å². The maximum absolute atomic E-state index is 9.52. The van der Waals surface area contributed by atoms with Gasteiger partial charge in [0.1, 0.15) is 5.75 Å². The molecule has 3 nitrogen and oxygen atoms in total. The Kier molecular flexibility index (Phi) is 5.47. The minimum Gasteiger partial charge on any atom is -0.508 e. The molecule has 1 aromatic rings. The molecular weight excluding hydrogens is 212 g/mol. The van der Waals surface area contributed by atoms with Gasteiger partial charge in [-0.15, -0.1) is 0 Å². The van der Waals surface area contributed by atoms with Crippen LogP contribution in [-0.4, -0.2) is 18.2 Å². The molecule has 15 heavy (non-hydrogen) atoms. The zero-order chi connectivity index (χ0) is 11.1. The van der Waals surface area contributed by atoms with E-state index in [-0.39, 0.29) is 5.75 Å². The van der Waals surface area contributed by atoms with Crippen molar-refractivity contribution in [2.45, 2.75) is 19.4 Å². The Balaban J connectivity index is 2.33. The Labute approximate surface area is 95.2 Å². The number of halogens is 1. The van der Waals surface area contributed by atoms with Gasteiger partial charge in [-0.05, 0) is 44.1 Å². The predicted octanol–water partition coefficient (Wildman–Crippen LogP) is 1.87. The normalized spacial score (nSPS) is 10.5. The summed E-state index contributed by atoms with van der Waals surface area (Å²) >= 11 is 5.82. The fourth-order valence-corrected chi connectivity index (χ4v) is 1.51. The van der Waals surface area contributed by atoms with E-state index in [0.717, 1.165) is 31.5 Å². The van der Waals surface area contributed by atoms with Crippen LogP contribution in [0.15, 0.2) is 18.2 Å². The summed E-state index contributed by atoms with van der Waals surface area (Å²) < 4.78 is 0. The first kappa shape index (κ1) is 12.3. The Bertz CT molecular complexity index is 305. The van der Waals surface area contributed by atoms with Crippen LogP contribution in [0.4, 0.5) is 0 Å². The van der Waals surface area contributed by atoms with Gasteiger partial charge in [0, 0.05) is 17.1 Å². The lowest BCUT2D eigenvalue weighted by molar-refractivity contribution is 0.464. The smallest absolute Gasteiger partial charge is 0.120 e. The van der Waals surface area contributed by atoms with Crippen molar-refractivity contribution in [1.29, 1.82) is 0 Å². The Morgan fingerprint density at radius 2 is 2.13 bits per heavy atom. The molecule has 0 atom stereocenters. The first-order valence-corrected chi connectivity index (χ1v) is 5.50. The van der Waals surface area contributed by atoms with E-state index in [0.29, 0.717) is 11.6 Å². The summed E-state index contributed by atoms with van der Waals surface area (Å²) in [6.45, 7) is 2.27. The molecule has 0 aromatic heterocycles. The second kappa shape index (κ2) is 6.67. The largest absolute Gasteiger partial charge is 0.508 e. The summed E-state index contributed by atoms with van der Waals surface area (Å²) in [5.74, 6) is 0.283. The number of nitrogens with one attached hydrogen (secondary N) is 1. The quantitative estimate of drug-likeness (QED) is 0.652. The second-order valence-electron chi connectivity index (χ2n) is 3.45. The van der Waals surface area contributed by atoms with E-state index in [1.54, 1.807) is 18.2 Å². The van der Waals surface area contributed by atoms with Gasteiger partial charge in [-0.2, -0.15) is 0 Å². The highest BCUT2D eigenvalue weighted by molar-refractivity contribution is 6.30. The van der Waals surface area contributed by atoms with Crippen molar-refractivity contribution in [3.8, 4) is 5.75 Å². The van der Waals surface area contributed by atoms with Gasteiger partial charge >= 0.3 is 0 Å². The number of aromatic hydroxyl groups is 1. The van der Waals surface area contributed by atoms with Crippen LogP contribution in [0.5, 0.6) is 5.75 Å². The molecule has 1 aromatic carbocycles. The fourth-order valence-electron chi connectivity index (χ4n) is 1.31. The molecule has 84 valence electrons. The molecule has 0 fully saturated rings. The first-order chi connectivity index (χ1) is 7.24. The lowest BCUT2D eigenvalue weighted by Gasteiger charge is -2.06. The number of rotatable bonds is 6. The second-order valence-corrected chi connectivity index (χ2v) is 3.88. The highest BCUT2D eigenvalue weighted by Crippen LogP contribution is 2.20. The molecular formula is C11H17ClN2O. The van der Waals surface area contributed by atoms with Crippen LogP contribution in [0.2, 0.25) is 5.02 Å². The SMILES string of the molecule is NCCCCNCc1cc(Cl)ccc1O. The van der Waals surface area contributed by atoms with E-state index in [4.69, 9.17) is 17.3 Å². The van der Waals surface area contributed by atoms with Crippen molar-refractivity contribution in [2.75, 3.05) is 13.1 Å². The van der Waals surface area contributed by atoms with Crippen LogP contribution in [0.25, 0.3) is 0 Å². The number of phenolic OH excluding ortho intramolecular Hbond substituents is 1. The number of hydrogen-bond acceptors (Lipinski definition) is 3. The molecule has 4 N–H and O–H groups in total. The fraction of sp³-hybridized carbons (Fsp3) is 0.455. The number of phenols is 1. The van der Waals surface area contributed by atoms with Crippen LogP contribution in [-0.2, 0) is 6.54 Å². The summed E-state index contributed by atoms with van der Waals surface area (Å²) in [6.07, 6.45) is 2.08. The monoisotopic (exact) mass is 228 g/mol. The zero-order valence-corrected chi connectivity index (χ0v) is 9.43. The highest BCUT2D eigenvalue weighted by atomic mass is 35.5. The summed E-state index contributed by atoms with van der Waals surface area (Å²) in [5.41, 5.74) is 6.21. The van der Waals surface area contributed by atoms with Crippen molar-refractivity contribution in [1.82, 2.24) is 5.32 Å². The average molecular weight is 229 g/mol. The van der Waals surface area contributed by atoms with Gasteiger partial charge in [-0.25, -0.2) is 0 Å². The van der Waals surface area contributed by atoms with Gasteiger partial charge in [0.2, 0.25) is 0 Å². The van der Waals surface area contributed by atoms with Gasteiger partial charge < -0.3 is 16.2 Å². The predicted molar refractivity (Wildman–Crippen MR) is 63.1 cm³/mol. The topological polar surface area (TPSA) is 58.3 Å². The molecule has 0 heterocycles. The zero-order valence-electron chi connectivity index (χ0n) is 8.67. The third kappa shape index (κ3) is 4.51. The van der Waals surface area contributed by atoms with Gasteiger partial charge in [0.05, 0.1) is 0 Å². The van der Waals surface area contributed by atoms with E-state index in [2.05, 4.69) is 5.32 Å². The number of unbranched alkanes of at least 4 members (excludes halogenated alkanes) is 1. The summed E-state index contributed by atoms with van der Waals surface area (Å²) in [7, 11) is 0. The molecule has 0 bridgehead atoms. The molecule has 0 spiro atoms. The molecule has 0 aliphatic carbocycles. The van der Waals surface area contributed by atoms with Crippen LogP contribution >= 0.6 is 11.6 Å². The average Bonchev–Trinajstić information content (AvgIpc) is 2.23. The van der Waals surface area contributed by atoms with Crippen LogP contribution in [0.3, 0.4) is 0 Å². The number of nitrogens with two attached hydrogens (primary N) is 1. The van der Waals surface area contributed by atoms with Crippen LogP contribution < -0.4 is 11.1 Å². The molecule has 0 aliphatic rings. The van der Waals surface area contributed by atoms with Crippen molar-refractivity contribution in [3.05, 3.63) is 28.8 Å². The highest BCUT2D eigenvalue weighted by Gasteiger charge is 2.00. The van der Waals surface area contributed by atoms with Gasteiger partial charge in [-0.1, -0.05) is 11.6 Å². The van der Waals surface area contributed by atoms with E-state index in [1.807, 2.05) is 0 Å². The van der Waals surface area contributed by atoms with Crippen molar-refractivity contribution >= 4 is 11.6 Å². The number of benzene rings is 1. The molecule has 0 saturated carbocycles. The van der Waals surface area contributed by atoms with Gasteiger partial charge in [0.15, 0.2) is 0 Å². The standard InChI is InChI=1S/C11H17ClN2O/c12-10-3-4-11(15)9(7-10)8-14-6-2-1-5-13/h3-4,7,14-15H,1-2,5-6,8,13H2. The summed E-state index contributed by atoms with van der Waals surface area (Å²) in [5, 5.41) is 13.4. The molecule has 0 amide bonds. The maximum atomic E-state index is 9.52. The Morgan fingerprint density at radius 3 is 2.87 bits per heavy atom. The molecule has 0 saturated heterocycles. The maximum Gasteiger partial charge on any atom is 0.120 e. The first-order valence-electron chi connectivity index (χ1n) is 5.12. The van der Waals surface area contributed by atoms with Gasteiger partial charge in [0.25, 0.3) is 0 Å². The molecule has 4 heteroatoms. The van der Waals surface area contributed by atoms with Crippen molar-refractivity contribution in [2.24, 2.45) is 5.73 Å². The molecule has 0 unspecified atom stereocenters. The Hall–Kier alpha value is -0.770. The third-order valence-corrected chi connectivity index (χ3v) is 2.40. The molecule has 0 aliphatic heterocycles. The van der Waals surface area contributed by atoms with Crippen LogP contribution in [0.1, 0.15) is 18.4 Å². The van der Waals surface area contributed by atoms with Crippen LogP contribution in [0, 0.1) is 0 Å². The number of hydrogen-bond donors (Lipinski definition) is 3. The molecule has 1 rings (SSSR count). The van der Waals surface area contributed by atoms with E-state index in [1.165, 1.54) is 0 Å². The Morgan fingerprint density at radius 1 is 1.33 bits per heavy atom.